The third-order valence-corrected chi connectivity index (χ3v) is 6.30. The summed E-state index contributed by atoms with van der Waals surface area (Å²) in [7, 11) is -3.64. The van der Waals surface area contributed by atoms with Crippen molar-refractivity contribution in [3.05, 3.63) is 65.2 Å². The first kappa shape index (κ1) is 22.9. The van der Waals surface area contributed by atoms with E-state index in [0.29, 0.717) is 11.6 Å². The van der Waals surface area contributed by atoms with Gasteiger partial charge in [0.25, 0.3) is 0 Å². The van der Waals surface area contributed by atoms with E-state index in [9.17, 15) is 13.2 Å². The molecule has 2 rings (SSSR count). The highest BCUT2D eigenvalue weighted by atomic mass is 32.2. The molecule has 5 nitrogen and oxygen atoms in total. The van der Waals surface area contributed by atoms with E-state index >= 15 is 0 Å². The number of hydrogen-bond donors (Lipinski definition) is 1. The van der Waals surface area contributed by atoms with Crippen LogP contribution >= 0.6 is 0 Å². The fourth-order valence-electron chi connectivity index (χ4n) is 3.40. The number of rotatable bonds is 8. The quantitative estimate of drug-likeness (QED) is 0.695. The van der Waals surface area contributed by atoms with Crippen LogP contribution in [0, 0.1) is 19.8 Å². The van der Waals surface area contributed by atoms with Crippen molar-refractivity contribution >= 4 is 21.6 Å². The van der Waals surface area contributed by atoms with Gasteiger partial charge in [-0.25, -0.2) is 8.42 Å². The van der Waals surface area contributed by atoms with Gasteiger partial charge in [-0.15, -0.1) is 0 Å². The van der Waals surface area contributed by atoms with Gasteiger partial charge in [-0.2, -0.15) is 0 Å². The van der Waals surface area contributed by atoms with Crippen LogP contribution in [0.15, 0.2) is 48.5 Å². The van der Waals surface area contributed by atoms with Crippen molar-refractivity contribution in [2.45, 2.75) is 53.1 Å². The van der Waals surface area contributed by atoms with Gasteiger partial charge in [0.1, 0.15) is 6.04 Å². The van der Waals surface area contributed by atoms with Crippen molar-refractivity contribution < 1.29 is 13.2 Å². The van der Waals surface area contributed by atoms with Crippen LogP contribution in [0.3, 0.4) is 0 Å². The molecule has 2 aromatic rings. The van der Waals surface area contributed by atoms with E-state index in [1.54, 1.807) is 13.0 Å². The van der Waals surface area contributed by atoms with Crippen molar-refractivity contribution in [3.63, 3.8) is 0 Å². The van der Waals surface area contributed by atoms with Crippen molar-refractivity contribution in [2.24, 2.45) is 5.92 Å². The first-order valence-electron chi connectivity index (χ1n) is 9.92. The van der Waals surface area contributed by atoms with Gasteiger partial charge in [0.15, 0.2) is 0 Å². The summed E-state index contributed by atoms with van der Waals surface area (Å²) in [5, 5.41) is 3.07. The predicted octanol–water partition coefficient (Wildman–Crippen LogP) is 4.36. The summed E-state index contributed by atoms with van der Waals surface area (Å²) in [6.45, 7) is 9.73. The second-order valence-electron chi connectivity index (χ2n) is 8.10. The predicted molar refractivity (Wildman–Crippen MR) is 119 cm³/mol. The fraction of sp³-hybridized carbons (Fsp3) is 0.435. The molecule has 0 fully saturated rings. The molecule has 0 heterocycles. The molecule has 158 valence electrons. The molecule has 0 aliphatic heterocycles. The Morgan fingerprint density at radius 1 is 1.00 bits per heavy atom. The molecule has 2 atom stereocenters. The molecule has 1 amide bonds. The van der Waals surface area contributed by atoms with E-state index in [1.807, 2.05) is 56.3 Å². The zero-order chi connectivity index (χ0) is 21.8. The van der Waals surface area contributed by atoms with Crippen LogP contribution in [0.5, 0.6) is 0 Å². The SMILES string of the molecule is Cc1ccc(N([C@@H](C)C(=O)N[C@@H](CC(C)C)c2ccccc2)S(C)(=O)=O)cc1C. The van der Waals surface area contributed by atoms with Crippen molar-refractivity contribution in [3.8, 4) is 0 Å². The molecule has 6 heteroatoms. The molecule has 0 unspecified atom stereocenters. The highest BCUT2D eigenvalue weighted by Gasteiger charge is 2.30. The van der Waals surface area contributed by atoms with Crippen LogP contribution in [-0.2, 0) is 14.8 Å². The Morgan fingerprint density at radius 2 is 1.62 bits per heavy atom. The standard InChI is InChI=1S/C23H32N2O3S/c1-16(2)14-22(20-10-8-7-9-11-20)24-23(26)19(5)25(29(6,27)28)21-13-12-17(3)18(4)15-21/h7-13,15-16,19,22H,14H2,1-6H3,(H,24,26)/t19-,22-/m0/s1. The lowest BCUT2D eigenvalue weighted by molar-refractivity contribution is -0.122. The Balaban J connectivity index is 2.33. The van der Waals surface area contributed by atoms with E-state index in [1.165, 1.54) is 4.31 Å². The van der Waals surface area contributed by atoms with Gasteiger partial charge >= 0.3 is 0 Å². The van der Waals surface area contributed by atoms with Crippen LogP contribution in [0.25, 0.3) is 0 Å². The van der Waals surface area contributed by atoms with E-state index < -0.39 is 16.1 Å². The monoisotopic (exact) mass is 416 g/mol. The summed E-state index contributed by atoms with van der Waals surface area (Å²) in [5.41, 5.74) is 3.56. The number of sulfonamides is 1. The maximum Gasteiger partial charge on any atom is 0.244 e. The Hall–Kier alpha value is -2.34. The van der Waals surface area contributed by atoms with E-state index in [2.05, 4.69) is 19.2 Å². The highest BCUT2D eigenvalue weighted by Crippen LogP contribution is 2.25. The normalized spacial score (nSPS) is 13.8. The lowest BCUT2D eigenvalue weighted by atomic mass is 9.96. The summed E-state index contributed by atoms with van der Waals surface area (Å²) in [6, 6.07) is 14.2. The molecule has 0 bridgehead atoms. The lowest BCUT2D eigenvalue weighted by Crippen LogP contribution is -2.48. The number of amides is 1. The van der Waals surface area contributed by atoms with Crippen LogP contribution < -0.4 is 9.62 Å². The molecule has 0 radical (unpaired) electrons. The molecule has 2 aromatic carbocycles. The third kappa shape index (κ3) is 6.07. The van der Waals surface area contributed by atoms with Crippen LogP contribution in [-0.4, -0.2) is 26.6 Å². The second-order valence-corrected chi connectivity index (χ2v) is 9.96. The molecule has 0 saturated carbocycles. The van der Waals surface area contributed by atoms with Gasteiger partial charge in [-0.3, -0.25) is 9.10 Å². The Morgan fingerprint density at radius 3 is 2.14 bits per heavy atom. The minimum absolute atomic E-state index is 0.174. The first-order chi connectivity index (χ1) is 13.5. The van der Waals surface area contributed by atoms with E-state index in [0.717, 1.165) is 29.4 Å². The molecule has 1 N–H and O–H groups in total. The lowest BCUT2D eigenvalue weighted by Gasteiger charge is -2.30. The van der Waals surface area contributed by atoms with Crippen molar-refractivity contribution in [1.82, 2.24) is 5.32 Å². The summed E-state index contributed by atoms with van der Waals surface area (Å²) in [5.74, 6) is 0.0599. The van der Waals surface area contributed by atoms with Gasteiger partial charge < -0.3 is 5.32 Å². The zero-order valence-corrected chi connectivity index (χ0v) is 19.0. The third-order valence-electron chi connectivity index (χ3n) is 5.06. The van der Waals surface area contributed by atoms with Crippen molar-refractivity contribution in [2.75, 3.05) is 10.6 Å². The average Bonchev–Trinajstić information content (AvgIpc) is 2.63. The first-order valence-corrected chi connectivity index (χ1v) is 11.8. The molecular formula is C23H32N2O3S. The number of anilines is 1. The number of benzene rings is 2. The summed E-state index contributed by atoms with van der Waals surface area (Å²) < 4.78 is 26.3. The minimum Gasteiger partial charge on any atom is -0.347 e. The molecule has 0 saturated heterocycles. The van der Waals surface area contributed by atoms with Gasteiger partial charge in [-0.1, -0.05) is 50.2 Å². The molecule has 0 aliphatic rings. The maximum atomic E-state index is 13.1. The second kappa shape index (κ2) is 9.44. The number of nitrogens with zero attached hydrogens (tertiary/aromatic N) is 1. The summed E-state index contributed by atoms with van der Waals surface area (Å²) in [6.07, 6.45) is 1.90. The van der Waals surface area contributed by atoms with Gasteiger partial charge in [0.2, 0.25) is 15.9 Å². The smallest absolute Gasteiger partial charge is 0.244 e. The van der Waals surface area contributed by atoms with E-state index in [-0.39, 0.29) is 11.9 Å². The van der Waals surface area contributed by atoms with Crippen LogP contribution in [0.2, 0.25) is 0 Å². The molecule has 0 aliphatic carbocycles. The minimum atomic E-state index is -3.64. The highest BCUT2D eigenvalue weighted by molar-refractivity contribution is 7.92. The fourth-order valence-corrected chi connectivity index (χ4v) is 4.57. The molecule has 0 spiro atoms. The Bertz CT molecular complexity index is 940. The number of carbonyl (C=O) groups excluding carboxylic acids is 1. The Labute approximate surface area is 175 Å². The number of carbonyl (C=O) groups is 1. The van der Waals surface area contributed by atoms with Gasteiger partial charge in [0.05, 0.1) is 18.0 Å². The topological polar surface area (TPSA) is 66.5 Å². The molecular weight excluding hydrogens is 384 g/mol. The van der Waals surface area contributed by atoms with Crippen LogP contribution in [0.1, 0.15) is 49.9 Å². The van der Waals surface area contributed by atoms with E-state index in [4.69, 9.17) is 0 Å². The Kier molecular flexibility index (Phi) is 7.47. The average molecular weight is 417 g/mol. The molecule has 0 aromatic heterocycles. The zero-order valence-electron chi connectivity index (χ0n) is 18.1. The molecule has 29 heavy (non-hydrogen) atoms. The van der Waals surface area contributed by atoms with Crippen LogP contribution in [0.4, 0.5) is 5.69 Å². The number of nitrogens with one attached hydrogen (secondary N) is 1. The summed E-state index contributed by atoms with van der Waals surface area (Å²) in [4.78, 5) is 13.1. The largest absolute Gasteiger partial charge is 0.347 e. The summed E-state index contributed by atoms with van der Waals surface area (Å²) >= 11 is 0. The number of hydrogen-bond acceptors (Lipinski definition) is 3. The van der Waals surface area contributed by atoms with Crippen molar-refractivity contribution in [1.29, 1.82) is 0 Å². The van der Waals surface area contributed by atoms with Gasteiger partial charge in [-0.05, 0) is 61.9 Å². The number of aryl methyl sites for hydroxylation is 2. The maximum absolute atomic E-state index is 13.1. The van der Waals surface area contributed by atoms with Gasteiger partial charge in [0, 0.05) is 0 Å².